The Kier molecular flexibility index (Phi) is 5.75. The molecule has 0 unspecified atom stereocenters. The van der Waals surface area contributed by atoms with Crippen molar-refractivity contribution in [3.63, 3.8) is 0 Å². The van der Waals surface area contributed by atoms with Crippen molar-refractivity contribution >= 4 is 33.3 Å². The van der Waals surface area contributed by atoms with Crippen LogP contribution in [-0.2, 0) is 11.2 Å². The maximum absolute atomic E-state index is 11.9. The third-order valence-corrected chi connectivity index (χ3v) is 5.43. The maximum Gasteiger partial charge on any atom is 0.348 e. The lowest BCUT2D eigenvalue weighted by Crippen LogP contribution is -2.07. The zero-order valence-electron chi connectivity index (χ0n) is 15.7. The van der Waals surface area contributed by atoms with Crippen LogP contribution in [0.1, 0.15) is 20.8 Å². The second-order valence-corrected chi connectivity index (χ2v) is 6.82. The number of hydrogen-bond donors (Lipinski definition) is 1. The second-order valence-electron chi connectivity index (χ2n) is 5.82. The molecule has 3 rings (SSSR count). The van der Waals surface area contributed by atoms with Crippen LogP contribution in [0.15, 0.2) is 24.5 Å². The Bertz CT molecular complexity index is 971. The summed E-state index contributed by atoms with van der Waals surface area (Å²) in [6.45, 7) is 2.55. The van der Waals surface area contributed by atoms with Gasteiger partial charge in [-0.1, -0.05) is 6.07 Å². The second kappa shape index (κ2) is 8.22. The highest BCUT2D eigenvalue weighted by molar-refractivity contribution is 7.20. The van der Waals surface area contributed by atoms with Crippen LogP contribution >= 0.6 is 11.3 Å². The van der Waals surface area contributed by atoms with Gasteiger partial charge in [-0.3, -0.25) is 0 Å². The lowest BCUT2D eigenvalue weighted by molar-refractivity contribution is 0.0605. The Morgan fingerprint density at radius 1 is 1.15 bits per heavy atom. The van der Waals surface area contributed by atoms with E-state index in [0.29, 0.717) is 28.7 Å². The molecule has 142 valence electrons. The summed E-state index contributed by atoms with van der Waals surface area (Å²) in [5.41, 5.74) is 1.94. The fraction of sp³-hybridized carbons (Fsp3) is 0.316. The average Bonchev–Trinajstić information content (AvgIpc) is 3.04. The van der Waals surface area contributed by atoms with Crippen molar-refractivity contribution in [2.75, 3.05) is 33.2 Å². The predicted molar refractivity (Wildman–Crippen MR) is 105 cm³/mol. The molecule has 0 aliphatic heterocycles. The van der Waals surface area contributed by atoms with E-state index in [-0.39, 0.29) is 5.97 Å². The molecule has 0 aliphatic carbocycles. The number of hydrogen-bond acceptors (Lipinski definition) is 8. The number of methoxy groups -OCH3 is 3. The van der Waals surface area contributed by atoms with E-state index in [4.69, 9.17) is 14.2 Å². The van der Waals surface area contributed by atoms with E-state index in [9.17, 15) is 4.79 Å². The third-order valence-electron chi connectivity index (χ3n) is 4.25. The van der Waals surface area contributed by atoms with Crippen molar-refractivity contribution in [2.24, 2.45) is 0 Å². The summed E-state index contributed by atoms with van der Waals surface area (Å²) in [5, 5.41) is 4.20. The number of aromatic nitrogens is 2. The van der Waals surface area contributed by atoms with E-state index in [1.807, 2.05) is 25.1 Å². The zero-order valence-corrected chi connectivity index (χ0v) is 16.5. The highest BCUT2D eigenvalue weighted by Crippen LogP contribution is 2.33. The van der Waals surface area contributed by atoms with Crippen molar-refractivity contribution < 1.29 is 19.0 Å². The van der Waals surface area contributed by atoms with Gasteiger partial charge in [0, 0.05) is 6.54 Å². The molecule has 0 radical (unpaired) electrons. The van der Waals surface area contributed by atoms with Crippen molar-refractivity contribution in [2.45, 2.75) is 13.3 Å². The van der Waals surface area contributed by atoms with Crippen LogP contribution in [0.2, 0.25) is 0 Å². The van der Waals surface area contributed by atoms with Crippen LogP contribution in [0.5, 0.6) is 11.5 Å². The molecule has 8 heteroatoms. The standard InChI is InChI=1S/C19H21N3O4S/c1-11-15-17(21-10-22-18(15)27-16(11)19(23)26-4)20-8-7-12-5-6-13(24-2)14(9-12)25-3/h5-6,9-10H,7-8H2,1-4H3,(H,20,21,22). The summed E-state index contributed by atoms with van der Waals surface area (Å²) in [6, 6.07) is 5.85. The first kappa shape index (κ1) is 18.9. The van der Waals surface area contributed by atoms with Crippen molar-refractivity contribution in [3.05, 3.63) is 40.5 Å². The molecular formula is C19H21N3O4S. The van der Waals surface area contributed by atoms with Gasteiger partial charge in [-0.2, -0.15) is 0 Å². The molecule has 0 spiro atoms. The Morgan fingerprint density at radius 2 is 1.93 bits per heavy atom. The molecule has 1 aromatic carbocycles. The molecule has 1 N–H and O–H groups in total. The first-order valence-corrected chi connectivity index (χ1v) is 9.17. The summed E-state index contributed by atoms with van der Waals surface area (Å²) in [4.78, 5) is 21.9. The number of rotatable bonds is 7. The van der Waals surface area contributed by atoms with E-state index in [0.717, 1.165) is 27.8 Å². The van der Waals surface area contributed by atoms with Gasteiger partial charge in [-0.25, -0.2) is 14.8 Å². The predicted octanol–water partition coefficient (Wildman–Crippen LogP) is 3.46. The first-order chi connectivity index (χ1) is 13.1. The van der Waals surface area contributed by atoms with Crippen molar-refractivity contribution in [1.29, 1.82) is 0 Å². The van der Waals surface area contributed by atoms with Crippen LogP contribution < -0.4 is 14.8 Å². The van der Waals surface area contributed by atoms with Gasteiger partial charge in [0.2, 0.25) is 0 Å². The maximum atomic E-state index is 11.9. The fourth-order valence-corrected chi connectivity index (χ4v) is 3.92. The van der Waals surface area contributed by atoms with Crippen LogP contribution in [0.3, 0.4) is 0 Å². The molecule has 2 aromatic heterocycles. The molecule has 3 aromatic rings. The number of ether oxygens (including phenoxy) is 3. The fourth-order valence-electron chi connectivity index (χ4n) is 2.85. The van der Waals surface area contributed by atoms with Gasteiger partial charge in [0.15, 0.2) is 11.5 Å². The van der Waals surface area contributed by atoms with E-state index in [1.165, 1.54) is 24.8 Å². The summed E-state index contributed by atoms with van der Waals surface area (Å²) < 4.78 is 15.5. The van der Waals surface area contributed by atoms with Crippen molar-refractivity contribution in [3.8, 4) is 11.5 Å². The van der Waals surface area contributed by atoms with Gasteiger partial charge in [0.25, 0.3) is 0 Å². The Hall–Kier alpha value is -2.87. The quantitative estimate of drug-likeness (QED) is 0.622. The van der Waals surface area contributed by atoms with Crippen LogP contribution in [0, 0.1) is 6.92 Å². The minimum absolute atomic E-state index is 0.355. The number of carbonyl (C=O) groups is 1. The molecule has 0 bridgehead atoms. The minimum atomic E-state index is -0.355. The Labute approximate surface area is 161 Å². The number of carbonyl (C=O) groups excluding carboxylic acids is 1. The molecule has 7 nitrogen and oxygen atoms in total. The van der Waals surface area contributed by atoms with Crippen molar-refractivity contribution in [1.82, 2.24) is 9.97 Å². The summed E-state index contributed by atoms with van der Waals surface area (Å²) in [6.07, 6.45) is 2.27. The molecule has 2 heterocycles. The number of anilines is 1. The highest BCUT2D eigenvalue weighted by Gasteiger charge is 2.19. The molecule has 0 saturated carbocycles. The topological polar surface area (TPSA) is 82.6 Å². The summed E-state index contributed by atoms with van der Waals surface area (Å²) in [7, 11) is 4.61. The van der Waals surface area contributed by atoms with Crippen LogP contribution in [0.4, 0.5) is 5.82 Å². The van der Waals surface area contributed by atoms with Crippen LogP contribution in [-0.4, -0.2) is 43.8 Å². The number of nitrogens with zero attached hydrogens (tertiary/aromatic N) is 2. The number of thiophene rings is 1. The molecular weight excluding hydrogens is 366 g/mol. The molecule has 0 aliphatic rings. The molecule has 0 atom stereocenters. The zero-order chi connectivity index (χ0) is 19.4. The molecule has 27 heavy (non-hydrogen) atoms. The summed E-state index contributed by atoms with van der Waals surface area (Å²) >= 11 is 1.31. The van der Waals surface area contributed by atoms with E-state index < -0.39 is 0 Å². The third kappa shape index (κ3) is 3.80. The van der Waals surface area contributed by atoms with Gasteiger partial charge >= 0.3 is 5.97 Å². The van der Waals surface area contributed by atoms with Gasteiger partial charge < -0.3 is 19.5 Å². The largest absolute Gasteiger partial charge is 0.493 e. The lowest BCUT2D eigenvalue weighted by Gasteiger charge is -2.11. The number of fused-ring (bicyclic) bond motifs is 1. The monoisotopic (exact) mass is 387 g/mol. The number of nitrogens with one attached hydrogen (secondary N) is 1. The SMILES string of the molecule is COC(=O)c1sc2ncnc(NCCc3ccc(OC)c(OC)c3)c2c1C. The van der Waals surface area contributed by atoms with Gasteiger partial charge in [-0.05, 0) is 36.6 Å². The number of benzene rings is 1. The Morgan fingerprint density at radius 3 is 2.63 bits per heavy atom. The summed E-state index contributed by atoms with van der Waals surface area (Å²) in [5.74, 6) is 1.77. The Balaban J connectivity index is 1.78. The van der Waals surface area contributed by atoms with E-state index in [2.05, 4.69) is 15.3 Å². The normalized spacial score (nSPS) is 10.7. The molecule has 0 amide bonds. The average molecular weight is 387 g/mol. The van der Waals surface area contributed by atoms with Gasteiger partial charge in [0.1, 0.15) is 21.9 Å². The number of aryl methyl sites for hydroxylation is 1. The number of esters is 1. The molecule has 0 fully saturated rings. The van der Waals surface area contributed by atoms with E-state index >= 15 is 0 Å². The smallest absolute Gasteiger partial charge is 0.348 e. The van der Waals surface area contributed by atoms with Gasteiger partial charge in [-0.15, -0.1) is 11.3 Å². The first-order valence-electron chi connectivity index (χ1n) is 8.36. The lowest BCUT2D eigenvalue weighted by atomic mass is 10.1. The van der Waals surface area contributed by atoms with E-state index in [1.54, 1.807) is 14.2 Å². The van der Waals surface area contributed by atoms with Crippen LogP contribution in [0.25, 0.3) is 10.2 Å². The highest BCUT2D eigenvalue weighted by atomic mass is 32.1. The van der Waals surface area contributed by atoms with Gasteiger partial charge in [0.05, 0.1) is 26.7 Å². The minimum Gasteiger partial charge on any atom is -0.493 e. The molecule has 0 saturated heterocycles.